The van der Waals surface area contributed by atoms with Gasteiger partial charge in [0.2, 0.25) is 10.4 Å². The Balaban J connectivity index is 2.89. The van der Waals surface area contributed by atoms with Gasteiger partial charge in [-0.2, -0.15) is 0 Å². The Labute approximate surface area is 141 Å². The second kappa shape index (κ2) is 9.05. The Kier molecular flexibility index (Phi) is 8.28. The highest BCUT2D eigenvalue weighted by molar-refractivity contribution is 7.97. The van der Waals surface area contributed by atoms with Crippen LogP contribution in [0.15, 0.2) is 0 Å². The molecule has 144 valence electrons. The zero-order valence-electron chi connectivity index (χ0n) is 12.5. The molecule has 0 aromatic carbocycles. The maximum Gasteiger partial charge on any atom is 0.218 e. The van der Waals surface area contributed by atoms with Crippen LogP contribution in [0.25, 0.3) is 0 Å². The third-order valence-electron chi connectivity index (χ3n) is 3.70. The van der Waals surface area contributed by atoms with E-state index in [1.165, 1.54) is 0 Å². The Bertz CT molecular complexity index is 486. The van der Waals surface area contributed by atoms with Crippen LogP contribution in [0.4, 0.5) is 0 Å². The van der Waals surface area contributed by atoms with Crippen LogP contribution in [0.2, 0.25) is 0 Å². The first-order chi connectivity index (χ1) is 11.0. The molecule has 1 aliphatic rings. The van der Waals surface area contributed by atoms with Crippen molar-refractivity contribution in [3.8, 4) is 0 Å². The molecule has 0 amide bonds. The molecule has 13 heteroatoms. The van der Waals surface area contributed by atoms with E-state index >= 15 is 0 Å². The van der Waals surface area contributed by atoms with Crippen LogP contribution in [0.1, 0.15) is 0 Å². The van der Waals surface area contributed by atoms with E-state index in [2.05, 4.69) is 4.18 Å². The van der Waals surface area contributed by atoms with Gasteiger partial charge < -0.3 is 40.3 Å². The molecule has 0 bridgehead atoms. The van der Waals surface area contributed by atoms with Crippen molar-refractivity contribution >= 4 is 21.3 Å². The first kappa shape index (κ1) is 22.0. The third-order valence-corrected chi connectivity index (χ3v) is 6.98. The van der Waals surface area contributed by atoms with Crippen LogP contribution >= 0.6 is 0 Å². The number of hydrogen-bond acceptors (Lipinski definition) is 10. The van der Waals surface area contributed by atoms with Gasteiger partial charge in [-0.05, 0) is 0 Å². The Morgan fingerprint density at radius 2 is 1.83 bits per heavy atom. The molecule has 24 heavy (non-hydrogen) atoms. The fraction of sp³-hybridized carbons (Fsp3) is 1.00. The highest BCUT2D eigenvalue weighted by Gasteiger charge is 2.51. The number of aliphatic hydroxyl groups is 6. The molecule has 0 aromatic heterocycles. The molecule has 8 atom stereocenters. The van der Waals surface area contributed by atoms with E-state index in [4.69, 9.17) is 5.11 Å². The molecular formula is C11H23O11S2+. The molecule has 11 nitrogen and oxygen atoms in total. The van der Waals surface area contributed by atoms with Crippen molar-refractivity contribution < 1.29 is 52.9 Å². The molecule has 1 aliphatic heterocycles. The summed E-state index contributed by atoms with van der Waals surface area (Å²) in [6.45, 7) is -1.22. The Hall–Kier alpha value is -0.0600. The zero-order valence-corrected chi connectivity index (χ0v) is 14.1. The van der Waals surface area contributed by atoms with E-state index in [0.29, 0.717) is 0 Å². The summed E-state index contributed by atoms with van der Waals surface area (Å²) in [4.78, 5) is 0. The summed E-state index contributed by atoms with van der Waals surface area (Å²) in [7, 11) is -6.27. The molecule has 1 rings (SSSR count). The smallest absolute Gasteiger partial charge is 0.218 e. The highest BCUT2D eigenvalue weighted by Crippen LogP contribution is 2.26. The van der Waals surface area contributed by atoms with Crippen molar-refractivity contribution in [2.24, 2.45) is 0 Å². The van der Waals surface area contributed by atoms with Crippen LogP contribution in [-0.4, -0.2) is 115 Å². The summed E-state index contributed by atoms with van der Waals surface area (Å²) in [5.41, 5.74) is 0. The highest BCUT2D eigenvalue weighted by atomic mass is 32.3. The van der Waals surface area contributed by atoms with E-state index in [0.717, 1.165) is 0 Å². The quantitative estimate of drug-likeness (QED) is 0.124. The SMILES string of the molecule is O=S(=O)([O-])O[C@@H]([C@H](O)[C@H](O)C[OH2+])[C@H](O)C[S+]1C[C@@H](O)[C@H](O)[C@H]1CO. The Morgan fingerprint density at radius 3 is 2.29 bits per heavy atom. The largest absolute Gasteiger partial charge is 0.726 e. The van der Waals surface area contributed by atoms with Crippen LogP contribution in [0.5, 0.6) is 0 Å². The molecule has 0 radical (unpaired) electrons. The van der Waals surface area contributed by atoms with Gasteiger partial charge in [-0.1, -0.05) is 0 Å². The van der Waals surface area contributed by atoms with Crippen molar-refractivity contribution in [3.05, 3.63) is 0 Å². The fourth-order valence-corrected chi connectivity index (χ4v) is 5.63. The van der Waals surface area contributed by atoms with Crippen molar-refractivity contribution in [2.45, 2.75) is 41.9 Å². The minimum atomic E-state index is -5.32. The van der Waals surface area contributed by atoms with E-state index in [-0.39, 0.29) is 11.5 Å². The van der Waals surface area contributed by atoms with Gasteiger partial charge >= 0.3 is 0 Å². The number of aliphatic hydroxyl groups excluding tert-OH is 6. The molecular weight excluding hydrogens is 372 g/mol. The van der Waals surface area contributed by atoms with Crippen LogP contribution in [0, 0.1) is 0 Å². The average molecular weight is 395 g/mol. The molecule has 0 saturated carbocycles. The molecule has 1 unspecified atom stereocenters. The van der Waals surface area contributed by atoms with Gasteiger partial charge in [-0.25, -0.2) is 8.42 Å². The van der Waals surface area contributed by atoms with Gasteiger partial charge in [-0.3, -0.25) is 4.18 Å². The standard InChI is InChI=1S/C11H22O11S2/c12-1-5(14)10(18)11(22-24(19,20)21)7(16)4-23-3-6(15)9(17)8(23)2-13/h5-18H,1-4H2/p+1/t5-,6-,7-,8-,9+,10-,11-,23?/m1/s1. The van der Waals surface area contributed by atoms with Gasteiger partial charge in [0.25, 0.3) is 0 Å². The second-order valence-corrected chi connectivity index (χ2v) is 8.80. The van der Waals surface area contributed by atoms with Crippen LogP contribution in [0.3, 0.4) is 0 Å². The maximum atomic E-state index is 10.8. The van der Waals surface area contributed by atoms with Crippen LogP contribution < -0.4 is 0 Å². The normalized spacial score (nSPS) is 33.2. The predicted octanol–water partition coefficient (Wildman–Crippen LogP) is -5.65. The minimum absolute atomic E-state index is 0.0252. The maximum absolute atomic E-state index is 10.8. The number of hydrogen-bond donors (Lipinski definition) is 6. The molecule has 1 fully saturated rings. The lowest BCUT2D eigenvalue weighted by Gasteiger charge is -2.29. The molecule has 0 aromatic rings. The summed E-state index contributed by atoms with van der Waals surface area (Å²) in [6.07, 6.45) is -9.91. The third kappa shape index (κ3) is 5.74. The summed E-state index contributed by atoms with van der Waals surface area (Å²) < 4.78 is 36.4. The Morgan fingerprint density at radius 1 is 1.25 bits per heavy atom. The van der Waals surface area contributed by atoms with E-state index in [9.17, 15) is 43.6 Å². The van der Waals surface area contributed by atoms with Gasteiger partial charge in [0.1, 0.15) is 42.0 Å². The first-order valence-corrected chi connectivity index (χ1v) is 9.94. The molecule has 0 spiro atoms. The van der Waals surface area contributed by atoms with Gasteiger partial charge in [0.05, 0.1) is 6.61 Å². The van der Waals surface area contributed by atoms with Crippen molar-refractivity contribution in [2.75, 3.05) is 24.7 Å². The van der Waals surface area contributed by atoms with Crippen molar-refractivity contribution in [1.29, 1.82) is 0 Å². The first-order valence-electron chi connectivity index (χ1n) is 6.98. The monoisotopic (exact) mass is 395 g/mol. The summed E-state index contributed by atoms with van der Waals surface area (Å²) >= 11 is 0. The van der Waals surface area contributed by atoms with E-state index in [1.807, 2.05) is 0 Å². The van der Waals surface area contributed by atoms with Crippen molar-refractivity contribution in [3.63, 3.8) is 0 Å². The van der Waals surface area contributed by atoms with Gasteiger partial charge in [-0.15, -0.1) is 0 Å². The predicted molar refractivity (Wildman–Crippen MR) is 81.1 cm³/mol. The number of rotatable bonds is 9. The van der Waals surface area contributed by atoms with Crippen molar-refractivity contribution in [1.82, 2.24) is 0 Å². The lowest BCUT2D eigenvalue weighted by molar-refractivity contribution is -0.100. The summed E-state index contributed by atoms with van der Waals surface area (Å²) in [5, 5.41) is 64.2. The minimum Gasteiger partial charge on any atom is -0.726 e. The lowest BCUT2D eigenvalue weighted by Crippen LogP contribution is -2.51. The summed E-state index contributed by atoms with van der Waals surface area (Å²) in [5.74, 6) is -0.265. The molecule has 1 heterocycles. The molecule has 0 aliphatic carbocycles. The molecule has 1 saturated heterocycles. The zero-order chi connectivity index (χ0) is 18.7. The van der Waals surface area contributed by atoms with Gasteiger partial charge in [0.15, 0.2) is 18.0 Å². The average Bonchev–Trinajstić information content (AvgIpc) is 2.76. The second-order valence-electron chi connectivity index (χ2n) is 5.45. The fourth-order valence-electron chi connectivity index (χ4n) is 2.43. The topological polar surface area (TPSA) is 211 Å². The van der Waals surface area contributed by atoms with E-state index < -0.39 is 76.4 Å². The molecule has 8 N–H and O–H groups in total. The summed E-state index contributed by atoms with van der Waals surface area (Å²) in [6, 6.07) is 0. The van der Waals surface area contributed by atoms with E-state index in [1.54, 1.807) is 0 Å². The lowest BCUT2D eigenvalue weighted by atomic mass is 10.0. The van der Waals surface area contributed by atoms with Gasteiger partial charge in [0, 0.05) is 10.9 Å². The van der Waals surface area contributed by atoms with Crippen LogP contribution in [-0.2, 0) is 25.5 Å².